The van der Waals surface area contributed by atoms with E-state index in [-0.39, 0.29) is 12.5 Å². The highest BCUT2D eigenvalue weighted by molar-refractivity contribution is 5.94. The van der Waals surface area contributed by atoms with Gasteiger partial charge in [0.15, 0.2) is 6.61 Å². The zero-order valence-electron chi connectivity index (χ0n) is 13.4. The van der Waals surface area contributed by atoms with E-state index in [4.69, 9.17) is 9.84 Å². The molecule has 5 nitrogen and oxygen atoms in total. The maximum absolute atomic E-state index is 12.5. The third kappa shape index (κ3) is 4.23. The van der Waals surface area contributed by atoms with Crippen molar-refractivity contribution < 1.29 is 19.4 Å². The molecule has 0 spiro atoms. The van der Waals surface area contributed by atoms with Crippen LogP contribution in [0.2, 0.25) is 0 Å². The standard InChI is InChI=1S/C17H23NO4/c1-11-8-14(9-12(2)16(11)22-10-15(19)20)17(21)18(3)7-6-13-4-5-13/h8-9,13H,4-7,10H2,1-3H3,(H,19,20). The Morgan fingerprint density at radius 2 is 1.86 bits per heavy atom. The predicted molar refractivity (Wildman–Crippen MR) is 83.3 cm³/mol. The van der Waals surface area contributed by atoms with Crippen molar-refractivity contribution in [3.8, 4) is 5.75 Å². The summed E-state index contributed by atoms with van der Waals surface area (Å²) in [6.45, 7) is 4.05. The molecule has 0 atom stereocenters. The highest BCUT2D eigenvalue weighted by atomic mass is 16.5. The first kappa shape index (κ1) is 16.3. The molecule has 1 amide bonds. The molecular weight excluding hydrogens is 282 g/mol. The summed E-state index contributed by atoms with van der Waals surface area (Å²) in [4.78, 5) is 24.8. The number of ether oxygens (including phenoxy) is 1. The van der Waals surface area contributed by atoms with Gasteiger partial charge in [0.05, 0.1) is 0 Å². The molecule has 1 aromatic rings. The molecule has 0 aromatic heterocycles. The first-order valence-electron chi connectivity index (χ1n) is 7.59. The zero-order chi connectivity index (χ0) is 16.3. The number of carboxylic acids is 1. The summed E-state index contributed by atoms with van der Waals surface area (Å²) < 4.78 is 5.29. The molecule has 0 aliphatic heterocycles. The number of carbonyl (C=O) groups excluding carboxylic acids is 1. The van der Waals surface area contributed by atoms with Crippen LogP contribution in [0.1, 0.15) is 40.7 Å². The second-order valence-electron chi connectivity index (χ2n) is 6.08. The molecule has 0 radical (unpaired) electrons. The van der Waals surface area contributed by atoms with Gasteiger partial charge < -0.3 is 14.7 Å². The number of nitrogens with zero attached hydrogens (tertiary/aromatic N) is 1. The predicted octanol–water partition coefficient (Wildman–Crippen LogP) is 2.64. The molecule has 0 bridgehead atoms. The minimum Gasteiger partial charge on any atom is -0.481 e. The summed E-state index contributed by atoms with van der Waals surface area (Å²) in [5, 5.41) is 8.70. The minimum atomic E-state index is -1.02. The minimum absolute atomic E-state index is 0.00312. The van der Waals surface area contributed by atoms with E-state index in [9.17, 15) is 9.59 Å². The Balaban J connectivity index is 2.07. The topological polar surface area (TPSA) is 66.8 Å². The third-order valence-electron chi connectivity index (χ3n) is 3.96. The van der Waals surface area contributed by atoms with Crippen LogP contribution in [0.15, 0.2) is 12.1 Å². The smallest absolute Gasteiger partial charge is 0.341 e. The van der Waals surface area contributed by atoms with Crippen LogP contribution in [0.5, 0.6) is 5.75 Å². The van der Waals surface area contributed by atoms with Crippen LogP contribution >= 0.6 is 0 Å². The second-order valence-corrected chi connectivity index (χ2v) is 6.08. The highest BCUT2D eigenvalue weighted by Crippen LogP contribution is 2.32. The summed E-state index contributed by atoms with van der Waals surface area (Å²) >= 11 is 0. The quantitative estimate of drug-likeness (QED) is 0.841. The van der Waals surface area contributed by atoms with E-state index in [1.54, 1.807) is 17.0 Å². The molecule has 1 saturated carbocycles. The highest BCUT2D eigenvalue weighted by Gasteiger charge is 2.23. The molecule has 1 aliphatic rings. The average Bonchev–Trinajstić information content (AvgIpc) is 3.26. The number of carbonyl (C=O) groups is 2. The summed E-state index contributed by atoms with van der Waals surface area (Å²) in [7, 11) is 1.82. The Morgan fingerprint density at radius 3 is 2.36 bits per heavy atom. The molecule has 1 N–H and O–H groups in total. The molecule has 1 aromatic carbocycles. The Labute approximate surface area is 130 Å². The molecule has 2 rings (SSSR count). The fourth-order valence-electron chi connectivity index (χ4n) is 2.54. The first-order chi connectivity index (χ1) is 10.4. The summed E-state index contributed by atoms with van der Waals surface area (Å²) in [5.41, 5.74) is 2.18. The average molecular weight is 305 g/mol. The summed E-state index contributed by atoms with van der Waals surface area (Å²) in [6.07, 6.45) is 3.64. The third-order valence-corrected chi connectivity index (χ3v) is 3.96. The molecule has 1 aliphatic carbocycles. The second kappa shape index (κ2) is 6.81. The van der Waals surface area contributed by atoms with Gasteiger partial charge in [-0.05, 0) is 49.4 Å². The van der Waals surface area contributed by atoms with Gasteiger partial charge in [-0.3, -0.25) is 4.79 Å². The maximum atomic E-state index is 12.5. The van der Waals surface area contributed by atoms with E-state index >= 15 is 0 Å². The summed E-state index contributed by atoms with van der Waals surface area (Å²) in [5.74, 6) is 0.320. The van der Waals surface area contributed by atoms with Gasteiger partial charge in [0, 0.05) is 19.2 Å². The van der Waals surface area contributed by atoms with Crippen LogP contribution in [0.3, 0.4) is 0 Å². The lowest BCUT2D eigenvalue weighted by Gasteiger charge is -2.19. The van der Waals surface area contributed by atoms with E-state index in [0.29, 0.717) is 11.3 Å². The molecular formula is C17H23NO4. The number of carboxylic acid groups (broad SMARTS) is 1. The van der Waals surface area contributed by atoms with Crippen molar-refractivity contribution in [1.29, 1.82) is 0 Å². The van der Waals surface area contributed by atoms with Gasteiger partial charge >= 0.3 is 5.97 Å². The van der Waals surface area contributed by atoms with Crippen molar-refractivity contribution in [2.75, 3.05) is 20.2 Å². The number of benzene rings is 1. The first-order valence-corrected chi connectivity index (χ1v) is 7.59. The lowest BCUT2D eigenvalue weighted by atomic mass is 10.0. The molecule has 120 valence electrons. The molecule has 0 saturated heterocycles. The maximum Gasteiger partial charge on any atom is 0.341 e. The molecule has 22 heavy (non-hydrogen) atoms. The molecule has 0 heterocycles. The molecule has 1 fully saturated rings. The van der Waals surface area contributed by atoms with Crippen molar-refractivity contribution in [1.82, 2.24) is 4.90 Å². The van der Waals surface area contributed by atoms with E-state index in [0.717, 1.165) is 30.0 Å². The normalized spacial score (nSPS) is 13.8. The number of aliphatic carboxylic acids is 1. The Morgan fingerprint density at radius 1 is 1.27 bits per heavy atom. The molecule has 5 heteroatoms. The van der Waals surface area contributed by atoms with E-state index in [1.807, 2.05) is 20.9 Å². The van der Waals surface area contributed by atoms with Crippen LogP contribution in [0, 0.1) is 19.8 Å². The van der Waals surface area contributed by atoms with Crippen molar-refractivity contribution >= 4 is 11.9 Å². The van der Waals surface area contributed by atoms with Crippen LogP contribution in [-0.4, -0.2) is 42.1 Å². The van der Waals surface area contributed by atoms with Gasteiger partial charge in [0.1, 0.15) is 5.75 Å². The van der Waals surface area contributed by atoms with Crippen molar-refractivity contribution in [3.05, 3.63) is 28.8 Å². The van der Waals surface area contributed by atoms with Gasteiger partial charge in [-0.15, -0.1) is 0 Å². The van der Waals surface area contributed by atoms with Crippen LogP contribution in [0.25, 0.3) is 0 Å². The number of hydrogen-bond acceptors (Lipinski definition) is 3. The van der Waals surface area contributed by atoms with E-state index in [1.165, 1.54) is 12.8 Å². The van der Waals surface area contributed by atoms with Crippen LogP contribution < -0.4 is 4.74 Å². The zero-order valence-corrected chi connectivity index (χ0v) is 13.4. The number of aryl methyl sites for hydroxylation is 2. The fraction of sp³-hybridized carbons (Fsp3) is 0.529. The Bertz CT molecular complexity index is 555. The van der Waals surface area contributed by atoms with Gasteiger partial charge in [0.25, 0.3) is 5.91 Å². The van der Waals surface area contributed by atoms with E-state index < -0.39 is 5.97 Å². The lowest BCUT2D eigenvalue weighted by molar-refractivity contribution is -0.139. The van der Waals surface area contributed by atoms with Gasteiger partial charge in [-0.1, -0.05) is 12.8 Å². The monoisotopic (exact) mass is 305 g/mol. The lowest BCUT2D eigenvalue weighted by Crippen LogP contribution is -2.28. The number of rotatable bonds is 7. The largest absolute Gasteiger partial charge is 0.481 e. The Hall–Kier alpha value is -2.04. The molecule has 0 unspecified atom stereocenters. The van der Waals surface area contributed by atoms with Crippen LogP contribution in [-0.2, 0) is 4.79 Å². The van der Waals surface area contributed by atoms with Crippen LogP contribution in [0.4, 0.5) is 0 Å². The van der Waals surface area contributed by atoms with Gasteiger partial charge in [-0.2, -0.15) is 0 Å². The van der Waals surface area contributed by atoms with Crippen molar-refractivity contribution in [2.45, 2.75) is 33.1 Å². The summed E-state index contributed by atoms with van der Waals surface area (Å²) in [6, 6.07) is 3.53. The number of hydrogen-bond donors (Lipinski definition) is 1. The Kier molecular flexibility index (Phi) is 5.06. The van der Waals surface area contributed by atoms with Crippen molar-refractivity contribution in [2.24, 2.45) is 5.92 Å². The van der Waals surface area contributed by atoms with Crippen molar-refractivity contribution in [3.63, 3.8) is 0 Å². The SMILES string of the molecule is Cc1cc(C(=O)N(C)CCC2CC2)cc(C)c1OCC(=O)O. The van der Waals surface area contributed by atoms with Gasteiger partial charge in [0.2, 0.25) is 0 Å². The van der Waals surface area contributed by atoms with E-state index in [2.05, 4.69) is 0 Å². The van der Waals surface area contributed by atoms with Gasteiger partial charge in [-0.25, -0.2) is 4.79 Å². The number of amides is 1. The fourth-order valence-corrected chi connectivity index (χ4v) is 2.54.